The third kappa shape index (κ3) is 3.46. The number of rotatable bonds is 4. The van der Waals surface area contributed by atoms with Crippen molar-refractivity contribution < 1.29 is 14.0 Å². The fourth-order valence-corrected chi connectivity index (χ4v) is 3.11. The highest BCUT2D eigenvalue weighted by Crippen LogP contribution is 2.27. The van der Waals surface area contributed by atoms with Crippen LogP contribution in [-0.2, 0) is 4.79 Å². The minimum absolute atomic E-state index is 0.0823. The summed E-state index contributed by atoms with van der Waals surface area (Å²) >= 11 is 0. The molecule has 0 spiro atoms. The Morgan fingerprint density at radius 2 is 2.11 bits per heavy atom. The number of nitrogens with two attached hydrogens (primary N) is 1. The molecular weight excluding hydrogens is 360 g/mol. The van der Waals surface area contributed by atoms with Gasteiger partial charge in [0.05, 0.1) is 17.4 Å². The molecule has 144 valence electrons. The van der Waals surface area contributed by atoms with Crippen LogP contribution in [0.25, 0.3) is 17.1 Å². The van der Waals surface area contributed by atoms with Crippen molar-refractivity contribution in [1.82, 2.24) is 25.4 Å². The second kappa shape index (κ2) is 7.55. The number of carbonyl (C=O) groups excluding carboxylic acids is 2. The number of hydrogen-bond donors (Lipinski definition) is 3. The second-order valence-corrected chi connectivity index (χ2v) is 6.54. The zero-order valence-corrected chi connectivity index (χ0v) is 15.1. The number of carbonyl (C=O) groups is 2. The Labute approximate surface area is 160 Å². The number of amides is 2. The Morgan fingerprint density at radius 1 is 1.29 bits per heavy atom. The van der Waals surface area contributed by atoms with Crippen LogP contribution < -0.4 is 16.4 Å². The van der Waals surface area contributed by atoms with Crippen LogP contribution in [0.2, 0.25) is 0 Å². The minimum atomic E-state index is -0.568. The first-order valence-corrected chi connectivity index (χ1v) is 9.07. The number of nitrogen functional groups attached to an aromatic ring is 1. The maximum atomic E-state index is 12.5. The van der Waals surface area contributed by atoms with Gasteiger partial charge in [-0.2, -0.15) is 5.10 Å². The molecule has 0 radical (unpaired) electrons. The highest BCUT2D eigenvalue weighted by Gasteiger charge is 2.25. The third-order valence-electron chi connectivity index (χ3n) is 4.62. The normalized spacial score (nSPS) is 17.0. The van der Waals surface area contributed by atoms with Crippen molar-refractivity contribution >= 4 is 17.6 Å². The number of nitrogens with one attached hydrogen (secondary N) is 2. The standard InChI is InChI=1S/C19H20N6O3/c20-16-13(10-22-25(16)12-6-2-1-3-7-12)19-24-15(11-28-19)18(27)23-14-8-4-5-9-21-17(14)26/h1-3,6-7,10-11,14H,4-5,8-9,20H2,(H,21,26)(H,23,27). The lowest BCUT2D eigenvalue weighted by atomic mass is 10.1. The quantitative estimate of drug-likeness (QED) is 0.629. The molecule has 0 aliphatic carbocycles. The lowest BCUT2D eigenvalue weighted by Crippen LogP contribution is -2.45. The lowest BCUT2D eigenvalue weighted by Gasteiger charge is -2.13. The number of benzene rings is 1. The zero-order chi connectivity index (χ0) is 19.5. The van der Waals surface area contributed by atoms with E-state index < -0.39 is 11.9 Å². The van der Waals surface area contributed by atoms with Gasteiger partial charge in [-0.25, -0.2) is 9.67 Å². The van der Waals surface area contributed by atoms with E-state index in [-0.39, 0.29) is 17.5 Å². The van der Waals surface area contributed by atoms with E-state index in [0.29, 0.717) is 24.3 Å². The molecule has 9 heteroatoms. The first-order valence-electron chi connectivity index (χ1n) is 9.07. The van der Waals surface area contributed by atoms with Gasteiger partial charge in [0, 0.05) is 6.54 Å². The fraction of sp³-hybridized carbons (Fsp3) is 0.263. The van der Waals surface area contributed by atoms with Gasteiger partial charge in [-0.1, -0.05) is 18.2 Å². The van der Waals surface area contributed by atoms with Crippen LogP contribution in [0, 0.1) is 0 Å². The van der Waals surface area contributed by atoms with Crippen molar-refractivity contribution in [1.29, 1.82) is 0 Å². The molecule has 1 saturated heterocycles. The van der Waals surface area contributed by atoms with Crippen molar-refractivity contribution in [2.75, 3.05) is 12.3 Å². The molecular formula is C19H20N6O3. The van der Waals surface area contributed by atoms with E-state index in [0.717, 1.165) is 18.5 Å². The summed E-state index contributed by atoms with van der Waals surface area (Å²) in [7, 11) is 0. The summed E-state index contributed by atoms with van der Waals surface area (Å²) in [5.74, 6) is -0.104. The van der Waals surface area contributed by atoms with Crippen LogP contribution in [0.4, 0.5) is 5.82 Å². The third-order valence-corrected chi connectivity index (χ3v) is 4.62. The van der Waals surface area contributed by atoms with Crippen molar-refractivity contribution in [3.63, 3.8) is 0 Å². The minimum Gasteiger partial charge on any atom is -0.443 e. The van der Waals surface area contributed by atoms with Crippen molar-refractivity contribution in [3.8, 4) is 17.1 Å². The van der Waals surface area contributed by atoms with Gasteiger partial charge < -0.3 is 20.8 Å². The molecule has 9 nitrogen and oxygen atoms in total. The van der Waals surface area contributed by atoms with Crippen LogP contribution >= 0.6 is 0 Å². The van der Waals surface area contributed by atoms with Gasteiger partial charge in [0.2, 0.25) is 11.8 Å². The van der Waals surface area contributed by atoms with Crippen LogP contribution in [0.15, 0.2) is 47.2 Å². The smallest absolute Gasteiger partial charge is 0.273 e. The fourth-order valence-electron chi connectivity index (χ4n) is 3.11. The number of para-hydroxylation sites is 1. The predicted octanol–water partition coefficient (Wildman–Crippen LogP) is 1.51. The van der Waals surface area contributed by atoms with Crippen molar-refractivity contribution in [2.45, 2.75) is 25.3 Å². The van der Waals surface area contributed by atoms with Gasteiger partial charge in [0.1, 0.15) is 18.1 Å². The number of hydrogen-bond acceptors (Lipinski definition) is 6. The summed E-state index contributed by atoms with van der Waals surface area (Å²) in [4.78, 5) is 28.7. The van der Waals surface area contributed by atoms with Crippen LogP contribution in [0.1, 0.15) is 29.8 Å². The Hall–Kier alpha value is -3.62. The monoisotopic (exact) mass is 380 g/mol. The Balaban J connectivity index is 1.52. The Kier molecular flexibility index (Phi) is 4.79. The molecule has 2 aromatic heterocycles. The largest absolute Gasteiger partial charge is 0.443 e. The van der Waals surface area contributed by atoms with Gasteiger partial charge in [-0.15, -0.1) is 0 Å². The van der Waals surface area contributed by atoms with Gasteiger partial charge >= 0.3 is 0 Å². The molecule has 0 saturated carbocycles. The van der Waals surface area contributed by atoms with Gasteiger partial charge in [0.15, 0.2) is 5.69 Å². The molecule has 4 N–H and O–H groups in total. The van der Waals surface area contributed by atoms with Crippen molar-refractivity contribution in [2.24, 2.45) is 0 Å². The van der Waals surface area contributed by atoms with Crippen LogP contribution in [-0.4, -0.2) is 39.2 Å². The van der Waals surface area contributed by atoms with E-state index in [1.165, 1.54) is 12.5 Å². The summed E-state index contributed by atoms with van der Waals surface area (Å²) in [5.41, 5.74) is 7.55. The summed E-state index contributed by atoms with van der Waals surface area (Å²) in [5, 5.41) is 9.76. The Bertz CT molecular complexity index is 994. The average Bonchev–Trinajstić information content (AvgIpc) is 3.28. The molecule has 1 unspecified atom stereocenters. The maximum absolute atomic E-state index is 12.5. The van der Waals surface area contributed by atoms with E-state index in [1.54, 1.807) is 4.68 Å². The molecule has 3 aromatic rings. The molecule has 3 heterocycles. The number of oxazole rings is 1. The van der Waals surface area contributed by atoms with Crippen LogP contribution in [0.5, 0.6) is 0 Å². The van der Waals surface area contributed by atoms with E-state index in [4.69, 9.17) is 10.2 Å². The first kappa shape index (κ1) is 17.8. The molecule has 1 aromatic carbocycles. The summed E-state index contributed by atoms with van der Waals surface area (Å²) in [6.45, 7) is 0.629. The average molecular weight is 380 g/mol. The molecule has 1 aliphatic heterocycles. The predicted molar refractivity (Wildman–Crippen MR) is 102 cm³/mol. The van der Waals surface area contributed by atoms with Crippen LogP contribution in [0.3, 0.4) is 0 Å². The summed E-state index contributed by atoms with van der Waals surface area (Å²) < 4.78 is 7.00. The molecule has 0 bridgehead atoms. The molecule has 1 fully saturated rings. The molecule has 1 atom stereocenters. The summed E-state index contributed by atoms with van der Waals surface area (Å²) in [6.07, 6.45) is 5.14. The van der Waals surface area contributed by atoms with Gasteiger partial charge in [-0.3, -0.25) is 9.59 Å². The van der Waals surface area contributed by atoms with Gasteiger partial charge in [-0.05, 0) is 31.4 Å². The Morgan fingerprint density at radius 3 is 2.93 bits per heavy atom. The molecule has 1 aliphatic rings. The highest BCUT2D eigenvalue weighted by atomic mass is 16.3. The summed E-state index contributed by atoms with van der Waals surface area (Å²) in [6, 6.07) is 8.85. The van der Waals surface area contributed by atoms with E-state index in [9.17, 15) is 9.59 Å². The van der Waals surface area contributed by atoms with E-state index in [1.807, 2.05) is 30.3 Å². The molecule has 4 rings (SSSR count). The zero-order valence-electron chi connectivity index (χ0n) is 15.1. The number of nitrogens with zero attached hydrogens (tertiary/aromatic N) is 3. The first-order chi connectivity index (χ1) is 13.6. The van der Waals surface area contributed by atoms with E-state index in [2.05, 4.69) is 20.7 Å². The SMILES string of the molecule is Nc1c(-c2nc(C(=O)NC3CCCCNC3=O)co2)cnn1-c1ccccc1. The highest BCUT2D eigenvalue weighted by molar-refractivity contribution is 5.96. The lowest BCUT2D eigenvalue weighted by molar-refractivity contribution is -0.122. The van der Waals surface area contributed by atoms with E-state index >= 15 is 0 Å². The molecule has 2 amide bonds. The number of aromatic nitrogens is 3. The van der Waals surface area contributed by atoms with Crippen molar-refractivity contribution in [3.05, 3.63) is 48.5 Å². The maximum Gasteiger partial charge on any atom is 0.273 e. The topological polar surface area (TPSA) is 128 Å². The molecule has 28 heavy (non-hydrogen) atoms. The number of anilines is 1. The van der Waals surface area contributed by atoms with Gasteiger partial charge in [0.25, 0.3) is 5.91 Å². The second-order valence-electron chi connectivity index (χ2n) is 6.54.